The molecule has 2 nitrogen and oxygen atoms in total. The summed E-state index contributed by atoms with van der Waals surface area (Å²) in [6.45, 7) is 1.86. The maximum atomic E-state index is 5.27. The van der Waals surface area contributed by atoms with E-state index in [2.05, 4.69) is 48.5 Å². The van der Waals surface area contributed by atoms with Crippen LogP contribution in [0.4, 0.5) is 0 Å². The van der Waals surface area contributed by atoms with Crippen molar-refractivity contribution >= 4 is 0 Å². The highest BCUT2D eigenvalue weighted by Gasteiger charge is 2.22. The van der Waals surface area contributed by atoms with Crippen LogP contribution in [-0.4, -0.2) is 25.4 Å². The van der Waals surface area contributed by atoms with Crippen LogP contribution in [0.2, 0.25) is 0 Å². The quantitative estimate of drug-likeness (QED) is 0.759. The Bertz CT molecular complexity index is 537. The summed E-state index contributed by atoms with van der Waals surface area (Å²) in [7, 11) is 0. The molecule has 2 aliphatic rings. The summed E-state index contributed by atoms with van der Waals surface area (Å²) < 4.78 is 10.5. The Hall–Kier alpha value is -1.64. The molecule has 0 aromatic heterocycles. The van der Waals surface area contributed by atoms with Gasteiger partial charge in [0.1, 0.15) is 0 Å². The third-order valence-corrected chi connectivity index (χ3v) is 4.19. The first-order valence-electron chi connectivity index (χ1n) is 7.74. The minimum absolute atomic E-state index is 0.471. The zero-order valence-electron chi connectivity index (χ0n) is 12.1. The highest BCUT2D eigenvalue weighted by atomic mass is 16.6. The van der Waals surface area contributed by atoms with Gasteiger partial charge in [-0.15, -0.1) is 0 Å². The van der Waals surface area contributed by atoms with Crippen LogP contribution >= 0.6 is 0 Å². The predicted octanol–water partition coefficient (Wildman–Crippen LogP) is 3.16. The average molecular weight is 280 g/mol. The lowest BCUT2D eigenvalue weighted by Crippen LogP contribution is -1.95. The van der Waals surface area contributed by atoms with Crippen LogP contribution in [-0.2, 0) is 28.7 Å². The molecular formula is C19H20O2. The van der Waals surface area contributed by atoms with Gasteiger partial charge in [-0.2, -0.15) is 0 Å². The number of ether oxygens (including phenoxy) is 2. The molecule has 0 radical (unpaired) electrons. The third kappa shape index (κ3) is 3.72. The molecule has 2 heteroatoms. The number of benzene rings is 2. The van der Waals surface area contributed by atoms with E-state index >= 15 is 0 Å². The van der Waals surface area contributed by atoms with Crippen molar-refractivity contribution in [2.75, 3.05) is 13.2 Å². The second-order valence-electron chi connectivity index (χ2n) is 6.13. The van der Waals surface area contributed by atoms with Gasteiger partial charge >= 0.3 is 0 Å². The zero-order valence-corrected chi connectivity index (χ0v) is 12.1. The van der Waals surface area contributed by atoms with Crippen LogP contribution < -0.4 is 0 Å². The monoisotopic (exact) mass is 280 g/mol. The van der Waals surface area contributed by atoms with E-state index in [0.29, 0.717) is 12.2 Å². The van der Waals surface area contributed by atoms with Crippen LogP contribution in [0.5, 0.6) is 0 Å². The molecule has 2 aliphatic heterocycles. The lowest BCUT2D eigenvalue weighted by Gasteiger charge is -2.05. The van der Waals surface area contributed by atoms with Crippen molar-refractivity contribution in [2.45, 2.75) is 31.5 Å². The summed E-state index contributed by atoms with van der Waals surface area (Å²) >= 11 is 0. The molecule has 0 saturated carbocycles. The molecule has 2 heterocycles. The number of rotatable bonds is 6. The SMILES string of the molecule is c1cc(C[C@H]2CO2)ccc1Cc1ccc(C[C@@H]2CO2)cc1. The van der Waals surface area contributed by atoms with Crippen molar-refractivity contribution < 1.29 is 9.47 Å². The second kappa shape index (κ2) is 5.63. The van der Waals surface area contributed by atoms with Crippen LogP contribution in [0.25, 0.3) is 0 Å². The fraction of sp³-hybridized carbons (Fsp3) is 0.368. The topological polar surface area (TPSA) is 25.1 Å². The summed E-state index contributed by atoms with van der Waals surface area (Å²) in [5, 5.41) is 0. The van der Waals surface area contributed by atoms with E-state index in [4.69, 9.17) is 9.47 Å². The summed E-state index contributed by atoms with van der Waals surface area (Å²) in [5.41, 5.74) is 5.49. The minimum Gasteiger partial charge on any atom is -0.373 e. The van der Waals surface area contributed by atoms with Gasteiger partial charge in [0.05, 0.1) is 25.4 Å². The van der Waals surface area contributed by atoms with E-state index in [1.807, 2.05) is 0 Å². The Labute approximate surface area is 125 Å². The maximum absolute atomic E-state index is 5.27. The van der Waals surface area contributed by atoms with Gasteiger partial charge in [-0.05, 0) is 28.7 Å². The van der Waals surface area contributed by atoms with Gasteiger partial charge in [0, 0.05) is 12.8 Å². The number of hydrogen-bond donors (Lipinski definition) is 0. The van der Waals surface area contributed by atoms with Crippen molar-refractivity contribution in [1.82, 2.24) is 0 Å². The fourth-order valence-corrected chi connectivity index (χ4v) is 2.72. The maximum Gasteiger partial charge on any atom is 0.0850 e. The zero-order chi connectivity index (χ0) is 14.1. The standard InChI is InChI=1S/C19H20O2/c1-5-16(10-18-12-20-18)6-2-14(1)9-15-3-7-17(8-4-15)11-19-13-21-19/h1-8,18-19H,9-13H2/t18-,19+. The largest absolute Gasteiger partial charge is 0.373 e. The molecule has 2 atom stereocenters. The van der Waals surface area contributed by atoms with E-state index in [9.17, 15) is 0 Å². The molecule has 2 fully saturated rings. The molecule has 0 unspecified atom stereocenters. The molecule has 0 N–H and O–H groups in total. The van der Waals surface area contributed by atoms with E-state index in [-0.39, 0.29) is 0 Å². The first-order chi connectivity index (χ1) is 10.3. The van der Waals surface area contributed by atoms with Gasteiger partial charge < -0.3 is 9.47 Å². The minimum atomic E-state index is 0.471. The van der Waals surface area contributed by atoms with Crippen molar-refractivity contribution in [2.24, 2.45) is 0 Å². The summed E-state index contributed by atoms with van der Waals surface area (Å²) in [6.07, 6.45) is 4.05. The molecule has 21 heavy (non-hydrogen) atoms. The van der Waals surface area contributed by atoms with Gasteiger partial charge in [-0.1, -0.05) is 48.5 Å². The van der Waals surface area contributed by atoms with Crippen molar-refractivity contribution in [3.8, 4) is 0 Å². The Balaban J connectivity index is 1.37. The molecule has 2 aromatic rings. The van der Waals surface area contributed by atoms with Crippen LogP contribution in [0.15, 0.2) is 48.5 Å². The Morgan fingerprint density at radius 3 is 1.29 bits per heavy atom. The van der Waals surface area contributed by atoms with E-state index in [1.165, 1.54) is 22.3 Å². The van der Waals surface area contributed by atoms with E-state index in [1.54, 1.807) is 0 Å². The van der Waals surface area contributed by atoms with Crippen molar-refractivity contribution in [3.63, 3.8) is 0 Å². The second-order valence-corrected chi connectivity index (χ2v) is 6.13. The molecule has 0 bridgehead atoms. The fourth-order valence-electron chi connectivity index (χ4n) is 2.72. The smallest absolute Gasteiger partial charge is 0.0850 e. The molecule has 108 valence electrons. The highest BCUT2D eigenvalue weighted by Crippen LogP contribution is 2.19. The number of hydrogen-bond acceptors (Lipinski definition) is 2. The summed E-state index contributed by atoms with van der Waals surface area (Å²) in [6, 6.07) is 17.9. The van der Waals surface area contributed by atoms with Crippen LogP contribution in [0.1, 0.15) is 22.3 Å². The van der Waals surface area contributed by atoms with Gasteiger partial charge in [-0.25, -0.2) is 0 Å². The first-order valence-corrected chi connectivity index (χ1v) is 7.74. The Morgan fingerprint density at radius 1 is 0.619 bits per heavy atom. The molecule has 2 aromatic carbocycles. The van der Waals surface area contributed by atoms with Crippen LogP contribution in [0.3, 0.4) is 0 Å². The van der Waals surface area contributed by atoms with Crippen molar-refractivity contribution in [1.29, 1.82) is 0 Å². The number of epoxide rings is 2. The molecule has 0 aliphatic carbocycles. The molecule has 4 rings (SSSR count). The highest BCUT2D eigenvalue weighted by molar-refractivity contribution is 5.31. The predicted molar refractivity (Wildman–Crippen MR) is 82.6 cm³/mol. The summed E-state index contributed by atoms with van der Waals surface area (Å²) in [5.74, 6) is 0. The summed E-state index contributed by atoms with van der Waals surface area (Å²) in [4.78, 5) is 0. The third-order valence-electron chi connectivity index (χ3n) is 4.19. The lowest BCUT2D eigenvalue weighted by molar-refractivity contribution is 0.407. The Morgan fingerprint density at radius 2 is 0.952 bits per heavy atom. The van der Waals surface area contributed by atoms with Crippen LogP contribution in [0, 0.1) is 0 Å². The molecule has 0 amide bonds. The van der Waals surface area contributed by atoms with E-state index < -0.39 is 0 Å². The van der Waals surface area contributed by atoms with Gasteiger partial charge in [0.15, 0.2) is 0 Å². The molecule has 2 saturated heterocycles. The molecular weight excluding hydrogens is 260 g/mol. The average Bonchev–Trinajstić information content (AvgIpc) is 3.40. The van der Waals surface area contributed by atoms with E-state index in [0.717, 1.165) is 32.5 Å². The van der Waals surface area contributed by atoms with Crippen molar-refractivity contribution in [3.05, 3.63) is 70.8 Å². The lowest BCUT2D eigenvalue weighted by atomic mass is 10.0. The van der Waals surface area contributed by atoms with Gasteiger partial charge in [0.2, 0.25) is 0 Å². The van der Waals surface area contributed by atoms with Gasteiger partial charge in [-0.3, -0.25) is 0 Å². The first kappa shape index (κ1) is 13.1. The Kier molecular flexibility index (Phi) is 3.50. The van der Waals surface area contributed by atoms with Gasteiger partial charge in [0.25, 0.3) is 0 Å². The molecule has 0 spiro atoms. The normalized spacial score (nSPS) is 23.0.